The molecule has 0 spiro atoms. The van der Waals surface area contributed by atoms with E-state index in [9.17, 15) is 0 Å². The van der Waals surface area contributed by atoms with Crippen molar-refractivity contribution in [3.05, 3.63) is 54.1 Å². The lowest BCUT2D eigenvalue weighted by atomic mass is 10.1. The van der Waals surface area contributed by atoms with Gasteiger partial charge in [0.25, 0.3) is 0 Å². The molecule has 0 aliphatic carbocycles. The number of ether oxygens (including phenoxy) is 1. The Morgan fingerprint density at radius 3 is 2.69 bits per heavy atom. The molecule has 0 saturated heterocycles. The van der Waals surface area contributed by atoms with Crippen molar-refractivity contribution in [1.29, 1.82) is 0 Å². The molecule has 0 unspecified atom stereocenters. The molecule has 0 fully saturated rings. The fourth-order valence-corrected chi connectivity index (χ4v) is 3.02. The highest BCUT2D eigenvalue weighted by Gasteiger charge is 2.15. The number of benzene rings is 2. The molecule has 26 heavy (non-hydrogen) atoms. The van der Waals surface area contributed by atoms with Gasteiger partial charge >= 0.3 is 0 Å². The standard InChI is InChI=1S/C20H21N5O/c1-14-8-10-15(11-9-14)18-20-22-19(21-12-5-13-26-2)16-6-3-4-7-17(16)25(20)24-23-18/h3-4,6-11H,5,12-13H2,1-2H3,(H,21,22). The molecule has 1 N–H and O–H groups in total. The van der Waals surface area contributed by atoms with Gasteiger partial charge in [-0.15, -0.1) is 5.10 Å². The smallest absolute Gasteiger partial charge is 0.186 e. The van der Waals surface area contributed by atoms with Gasteiger partial charge in [0.2, 0.25) is 0 Å². The Morgan fingerprint density at radius 1 is 1.08 bits per heavy atom. The number of anilines is 1. The summed E-state index contributed by atoms with van der Waals surface area (Å²) >= 11 is 0. The highest BCUT2D eigenvalue weighted by Crippen LogP contribution is 2.28. The average Bonchev–Trinajstić information content (AvgIpc) is 3.10. The third-order valence-electron chi connectivity index (χ3n) is 4.39. The first-order valence-electron chi connectivity index (χ1n) is 8.72. The van der Waals surface area contributed by atoms with E-state index in [2.05, 4.69) is 46.8 Å². The van der Waals surface area contributed by atoms with Crippen molar-refractivity contribution in [2.24, 2.45) is 0 Å². The lowest BCUT2D eigenvalue weighted by Crippen LogP contribution is -2.08. The predicted molar refractivity (Wildman–Crippen MR) is 103 cm³/mol. The van der Waals surface area contributed by atoms with Gasteiger partial charge in [-0.3, -0.25) is 0 Å². The summed E-state index contributed by atoms with van der Waals surface area (Å²) in [5.41, 5.74) is 4.75. The van der Waals surface area contributed by atoms with Crippen LogP contribution in [0.5, 0.6) is 0 Å². The number of hydrogen-bond acceptors (Lipinski definition) is 5. The molecule has 0 bridgehead atoms. The molecule has 0 amide bonds. The Balaban J connectivity index is 1.84. The molecular formula is C20H21N5O. The highest BCUT2D eigenvalue weighted by atomic mass is 16.5. The SMILES string of the molecule is COCCCNc1nc2c(-c3ccc(C)cc3)nnn2c2ccccc12. The molecule has 4 rings (SSSR count). The Hall–Kier alpha value is -2.99. The number of nitrogens with zero attached hydrogens (tertiary/aromatic N) is 4. The number of aryl methyl sites for hydroxylation is 1. The molecule has 6 heteroatoms. The minimum atomic E-state index is 0.718. The van der Waals surface area contributed by atoms with Crippen molar-refractivity contribution < 1.29 is 4.74 Å². The van der Waals surface area contributed by atoms with E-state index in [-0.39, 0.29) is 0 Å². The van der Waals surface area contributed by atoms with Crippen molar-refractivity contribution in [2.75, 3.05) is 25.6 Å². The van der Waals surface area contributed by atoms with Crippen LogP contribution in [0.15, 0.2) is 48.5 Å². The second-order valence-corrected chi connectivity index (χ2v) is 6.29. The van der Waals surface area contributed by atoms with E-state index in [0.29, 0.717) is 0 Å². The summed E-state index contributed by atoms with van der Waals surface area (Å²) in [5.74, 6) is 0.847. The van der Waals surface area contributed by atoms with Crippen LogP contribution in [0.1, 0.15) is 12.0 Å². The Morgan fingerprint density at radius 2 is 1.88 bits per heavy atom. The van der Waals surface area contributed by atoms with Crippen LogP contribution in [0.25, 0.3) is 27.8 Å². The molecule has 0 aliphatic heterocycles. The molecule has 6 nitrogen and oxygen atoms in total. The normalized spacial score (nSPS) is 11.3. The van der Waals surface area contributed by atoms with E-state index in [1.807, 2.05) is 28.8 Å². The van der Waals surface area contributed by atoms with Gasteiger partial charge in [0.15, 0.2) is 5.65 Å². The first-order chi connectivity index (χ1) is 12.8. The molecule has 2 aromatic heterocycles. The molecule has 132 valence electrons. The number of methoxy groups -OCH3 is 1. The van der Waals surface area contributed by atoms with Crippen molar-refractivity contribution in [3.8, 4) is 11.3 Å². The Bertz CT molecular complexity index is 1040. The first kappa shape index (κ1) is 16.5. The summed E-state index contributed by atoms with van der Waals surface area (Å²) in [7, 11) is 1.71. The van der Waals surface area contributed by atoms with E-state index in [1.54, 1.807) is 7.11 Å². The zero-order chi connectivity index (χ0) is 17.9. The van der Waals surface area contributed by atoms with Gasteiger partial charge in [-0.1, -0.05) is 47.2 Å². The van der Waals surface area contributed by atoms with Crippen molar-refractivity contribution in [2.45, 2.75) is 13.3 Å². The highest BCUT2D eigenvalue weighted by molar-refractivity contribution is 5.93. The van der Waals surface area contributed by atoms with Crippen LogP contribution in [-0.4, -0.2) is 40.1 Å². The van der Waals surface area contributed by atoms with Gasteiger partial charge in [-0.05, 0) is 25.5 Å². The van der Waals surface area contributed by atoms with E-state index >= 15 is 0 Å². The van der Waals surface area contributed by atoms with E-state index in [4.69, 9.17) is 9.72 Å². The largest absolute Gasteiger partial charge is 0.385 e. The zero-order valence-electron chi connectivity index (χ0n) is 14.9. The second kappa shape index (κ2) is 7.09. The molecule has 2 heterocycles. The molecule has 0 atom stereocenters. The summed E-state index contributed by atoms with van der Waals surface area (Å²) in [6, 6.07) is 16.4. The average molecular weight is 347 g/mol. The maximum atomic E-state index is 5.13. The fourth-order valence-electron chi connectivity index (χ4n) is 3.02. The van der Waals surface area contributed by atoms with Gasteiger partial charge in [-0.25, -0.2) is 4.98 Å². The van der Waals surface area contributed by atoms with Crippen LogP contribution in [0.2, 0.25) is 0 Å². The third-order valence-corrected chi connectivity index (χ3v) is 4.39. The van der Waals surface area contributed by atoms with Gasteiger partial charge in [0, 0.05) is 31.2 Å². The van der Waals surface area contributed by atoms with E-state index in [0.717, 1.165) is 53.2 Å². The van der Waals surface area contributed by atoms with E-state index in [1.165, 1.54) is 5.56 Å². The molecule has 0 radical (unpaired) electrons. The first-order valence-corrected chi connectivity index (χ1v) is 8.72. The number of rotatable bonds is 6. The van der Waals surface area contributed by atoms with Crippen LogP contribution >= 0.6 is 0 Å². The third kappa shape index (κ3) is 2.99. The molecule has 0 saturated carbocycles. The second-order valence-electron chi connectivity index (χ2n) is 6.29. The van der Waals surface area contributed by atoms with Gasteiger partial charge in [0.05, 0.1) is 5.52 Å². The summed E-state index contributed by atoms with van der Waals surface area (Å²) < 4.78 is 6.94. The van der Waals surface area contributed by atoms with Crippen LogP contribution in [0.4, 0.5) is 5.82 Å². The van der Waals surface area contributed by atoms with Gasteiger partial charge in [0.1, 0.15) is 11.5 Å². The molecule has 2 aromatic carbocycles. The monoisotopic (exact) mass is 347 g/mol. The van der Waals surface area contributed by atoms with Gasteiger partial charge < -0.3 is 10.1 Å². The van der Waals surface area contributed by atoms with Gasteiger partial charge in [-0.2, -0.15) is 4.52 Å². The molecular weight excluding hydrogens is 326 g/mol. The maximum absolute atomic E-state index is 5.13. The topological polar surface area (TPSA) is 64.3 Å². The maximum Gasteiger partial charge on any atom is 0.186 e. The minimum Gasteiger partial charge on any atom is -0.385 e. The summed E-state index contributed by atoms with van der Waals surface area (Å²) in [4.78, 5) is 4.85. The van der Waals surface area contributed by atoms with Crippen molar-refractivity contribution >= 4 is 22.4 Å². The molecule has 4 aromatic rings. The number of para-hydroxylation sites is 1. The van der Waals surface area contributed by atoms with Crippen LogP contribution in [-0.2, 0) is 4.74 Å². The van der Waals surface area contributed by atoms with E-state index < -0.39 is 0 Å². The number of aromatic nitrogens is 4. The van der Waals surface area contributed by atoms with Crippen LogP contribution < -0.4 is 5.32 Å². The van der Waals surface area contributed by atoms with Crippen molar-refractivity contribution in [3.63, 3.8) is 0 Å². The summed E-state index contributed by atoms with van der Waals surface area (Å²) in [5, 5.41) is 13.2. The Kier molecular flexibility index (Phi) is 4.50. The zero-order valence-corrected chi connectivity index (χ0v) is 14.9. The van der Waals surface area contributed by atoms with Crippen molar-refractivity contribution in [1.82, 2.24) is 19.8 Å². The fraction of sp³-hybridized carbons (Fsp3) is 0.250. The number of hydrogen-bond donors (Lipinski definition) is 1. The molecule has 0 aliphatic rings. The van der Waals surface area contributed by atoms with Crippen LogP contribution in [0, 0.1) is 6.92 Å². The van der Waals surface area contributed by atoms with Crippen LogP contribution in [0.3, 0.4) is 0 Å². The summed E-state index contributed by atoms with van der Waals surface area (Å²) in [6.07, 6.45) is 0.917. The predicted octanol–water partition coefficient (Wildman–Crippen LogP) is 3.70. The number of nitrogens with one attached hydrogen (secondary N) is 1. The number of fused-ring (bicyclic) bond motifs is 3. The lowest BCUT2D eigenvalue weighted by molar-refractivity contribution is 0.198. The summed E-state index contributed by atoms with van der Waals surface area (Å²) in [6.45, 7) is 3.58. The minimum absolute atomic E-state index is 0.718. The lowest BCUT2D eigenvalue weighted by Gasteiger charge is -2.10. The Labute approximate surface area is 151 Å². The quantitative estimate of drug-likeness (QED) is 0.539.